The highest BCUT2D eigenvalue weighted by Crippen LogP contribution is 2.25. The highest BCUT2D eigenvalue weighted by molar-refractivity contribution is 5.78. The topological polar surface area (TPSA) is 72.1 Å². The SMILES string of the molecule is Cc1ccc(CC(=O)N2CCCC(c3noc(C)n3)C2)cn1. The molecule has 0 spiro atoms. The van der Waals surface area contributed by atoms with E-state index in [9.17, 15) is 4.79 Å². The maximum atomic E-state index is 12.5. The van der Waals surface area contributed by atoms with Gasteiger partial charge in [-0.25, -0.2) is 0 Å². The van der Waals surface area contributed by atoms with Crippen molar-refractivity contribution in [2.24, 2.45) is 0 Å². The predicted octanol–water partition coefficient (Wildman–Crippen LogP) is 2.03. The number of aromatic nitrogens is 3. The molecule has 1 aliphatic rings. The second-order valence-corrected chi connectivity index (χ2v) is 5.84. The highest BCUT2D eigenvalue weighted by atomic mass is 16.5. The van der Waals surface area contributed by atoms with Crippen LogP contribution in [-0.4, -0.2) is 39.0 Å². The number of hydrogen-bond donors (Lipinski definition) is 0. The van der Waals surface area contributed by atoms with Crippen molar-refractivity contribution in [2.45, 2.75) is 39.0 Å². The molecule has 0 aromatic carbocycles. The van der Waals surface area contributed by atoms with Crippen LogP contribution in [0.25, 0.3) is 0 Å². The molecule has 3 rings (SSSR count). The fourth-order valence-corrected chi connectivity index (χ4v) is 2.78. The molecule has 1 atom stereocenters. The Morgan fingerprint density at radius 3 is 2.95 bits per heavy atom. The third kappa shape index (κ3) is 3.32. The number of amides is 1. The minimum Gasteiger partial charge on any atom is -0.342 e. The number of pyridine rings is 1. The van der Waals surface area contributed by atoms with E-state index >= 15 is 0 Å². The Balaban J connectivity index is 1.63. The van der Waals surface area contributed by atoms with Gasteiger partial charge in [0, 0.05) is 37.8 Å². The van der Waals surface area contributed by atoms with Crippen molar-refractivity contribution in [3.05, 3.63) is 41.3 Å². The van der Waals surface area contributed by atoms with Gasteiger partial charge in [0.25, 0.3) is 0 Å². The Morgan fingerprint density at radius 1 is 1.41 bits per heavy atom. The number of piperidine rings is 1. The summed E-state index contributed by atoms with van der Waals surface area (Å²) in [4.78, 5) is 22.9. The minimum absolute atomic E-state index is 0.135. The van der Waals surface area contributed by atoms with Crippen LogP contribution in [-0.2, 0) is 11.2 Å². The summed E-state index contributed by atoms with van der Waals surface area (Å²) in [5.74, 6) is 1.60. The largest absolute Gasteiger partial charge is 0.342 e. The van der Waals surface area contributed by atoms with Gasteiger partial charge in [0.1, 0.15) is 0 Å². The molecule has 0 N–H and O–H groups in total. The molecule has 0 bridgehead atoms. The van der Waals surface area contributed by atoms with E-state index in [2.05, 4.69) is 15.1 Å². The molecule has 2 aromatic heterocycles. The highest BCUT2D eigenvalue weighted by Gasteiger charge is 2.27. The molecule has 1 aliphatic heterocycles. The van der Waals surface area contributed by atoms with Crippen molar-refractivity contribution in [3.63, 3.8) is 0 Å². The van der Waals surface area contributed by atoms with Gasteiger partial charge in [-0.2, -0.15) is 4.98 Å². The van der Waals surface area contributed by atoms with E-state index in [4.69, 9.17) is 4.52 Å². The van der Waals surface area contributed by atoms with Crippen LogP contribution >= 0.6 is 0 Å². The molecular weight excluding hydrogens is 280 g/mol. The average molecular weight is 300 g/mol. The first-order chi connectivity index (χ1) is 10.6. The smallest absolute Gasteiger partial charge is 0.227 e. The second kappa shape index (κ2) is 6.25. The number of carbonyl (C=O) groups excluding carboxylic acids is 1. The monoisotopic (exact) mass is 300 g/mol. The van der Waals surface area contributed by atoms with Gasteiger partial charge < -0.3 is 9.42 Å². The molecule has 1 fully saturated rings. The number of likely N-dealkylation sites (tertiary alicyclic amines) is 1. The first kappa shape index (κ1) is 14.7. The first-order valence-corrected chi connectivity index (χ1v) is 7.61. The van der Waals surface area contributed by atoms with E-state index in [-0.39, 0.29) is 11.8 Å². The van der Waals surface area contributed by atoms with E-state index in [0.717, 1.165) is 30.6 Å². The van der Waals surface area contributed by atoms with Crippen LogP contribution in [0.1, 0.15) is 41.7 Å². The van der Waals surface area contributed by atoms with Crippen LogP contribution in [0.15, 0.2) is 22.9 Å². The summed E-state index contributed by atoms with van der Waals surface area (Å²) in [6.07, 6.45) is 4.13. The summed E-state index contributed by atoms with van der Waals surface area (Å²) in [6.45, 7) is 5.18. The lowest BCUT2D eigenvalue weighted by Gasteiger charge is -2.31. The third-order valence-corrected chi connectivity index (χ3v) is 4.01. The Labute approximate surface area is 129 Å². The predicted molar refractivity (Wildman–Crippen MR) is 80.3 cm³/mol. The van der Waals surface area contributed by atoms with E-state index < -0.39 is 0 Å². The Morgan fingerprint density at radius 2 is 2.27 bits per heavy atom. The van der Waals surface area contributed by atoms with Crippen LogP contribution < -0.4 is 0 Å². The normalized spacial score (nSPS) is 18.5. The molecular formula is C16H20N4O2. The summed E-state index contributed by atoms with van der Waals surface area (Å²) in [5, 5.41) is 3.99. The molecule has 116 valence electrons. The van der Waals surface area contributed by atoms with E-state index in [1.54, 1.807) is 13.1 Å². The van der Waals surface area contributed by atoms with E-state index in [1.807, 2.05) is 24.0 Å². The van der Waals surface area contributed by atoms with Crippen molar-refractivity contribution >= 4 is 5.91 Å². The number of hydrogen-bond acceptors (Lipinski definition) is 5. The van der Waals surface area contributed by atoms with Crippen molar-refractivity contribution < 1.29 is 9.32 Å². The molecule has 6 heteroatoms. The molecule has 2 aromatic rings. The van der Waals surface area contributed by atoms with Crippen molar-refractivity contribution in [1.82, 2.24) is 20.0 Å². The van der Waals surface area contributed by atoms with Crippen LogP contribution in [0.2, 0.25) is 0 Å². The molecule has 6 nitrogen and oxygen atoms in total. The van der Waals surface area contributed by atoms with Gasteiger partial charge in [-0.15, -0.1) is 0 Å². The number of aryl methyl sites for hydroxylation is 2. The maximum absolute atomic E-state index is 12.5. The first-order valence-electron chi connectivity index (χ1n) is 7.61. The molecule has 1 amide bonds. The number of rotatable bonds is 3. The fraction of sp³-hybridized carbons (Fsp3) is 0.500. The van der Waals surface area contributed by atoms with Crippen LogP contribution in [0.4, 0.5) is 0 Å². The maximum Gasteiger partial charge on any atom is 0.227 e. The zero-order valence-corrected chi connectivity index (χ0v) is 13.0. The lowest BCUT2D eigenvalue weighted by atomic mass is 9.97. The Bertz CT molecular complexity index is 650. The fourth-order valence-electron chi connectivity index (χ4n) is 2.78. The van der Waals surface area contributed by atoms with Gasteiger partial charge in [-0.3, -0.25) is 9.78 Å². The third-order valence-electron chi connectivity index (χ3n) is 4.01. The van der Waals surface area contributed by atoms with E-state index in [0.29, 0.717) is 24.7 Å². The number of nitrogens with zero attached hydrogens (tertiary/aromatic N) is 4. The molecule has 0 aliphatic carbocycles. The van der Waals surface area contributed by atoms with Gasteiger partial charge in [-0.05, 0) is 31.4 Å². The zero-order chi connectivity index (χ0) is 15.5. The van der Waals surface area contributed by atoms with Crippen molar-refractivity contribution in [1.29, 1.82) is 0 Å². The lowest BCUT2D eigenvalue weighted by Crippen LogP contribution is -2.40. The van der Waals surface area contributed by atoms with Gasteiger partial charge in [-0.1, -0.05) is 11.2 Å². The summed E-state index contributed by atoms with van der Waals surface area (Å²) in [5.41, 5.74) is 1.91. The molecule has 0 saturated carbocycles. The Kier molecular flexibility index (Phi) is 4.18. The van der Waals surface area contributed by atoms with Gasteiger partial charge in [0.2, 0.25) is 11.8 Å². The lowest BCUT2D eigenvalue weighted by molar-refractivity contribution is -0.131. The minimum atomic E-state index is 0.135. The van der Waals surface area contributed by atoms with Gasteiger partial charge in [0.05, 0.1) is 6.42 Å². The van der Waals surface area contributed by atoms with Gasteiger partial charge >= 0.3 is 0 Å². The Hall–Kier alpha value is -2.24. The summed E-state index contributed by atoms with van der Waals surface area (Å²) in [6, 6.07) is 3.90. The summed E-state index contributed by atoms with van der Waals surface area (Å²) in [7, 11) is 0. The summed E-state index contributed by atoms with van der Waals surface area (Å²) < 4.78 is 5.05. The number of carbonyl (C=O) groups is 1. The quantitative estimate of drug-likeness (QED) is 0.867. The molecule has 0 radical (unpaired) electrons. The standard InChI is InChI=1S/C16H20N4O2/c1-11-5-6-13(9-17-11)8-15(21)20-7-3-4-14(10-20)16-18-12(2)22-19-16/h5-6,9,14H,3-4,7-8,10H2,1-2H3. The summed E-state index contributed by atoms with van der Waals surface area (Å²) >= 11 is 0. The van der Waals surface area contributed by atoms with E-state index in [1.165, 1.54) is 0 Å². The zero-order valence-electron chi connectivity index (χ0n) is 13.0. The molecule has 1 unspecified atom stereocenters. The van der Waals surface area contributed by atoms with Crippen LogP contribution in [0.5, 0.6) is 0 Å². The second-order valence-electron chi connectivity index (χ2n) is 5.84. The average Bonchev–Trinajstić information content (AvgIpc) is 2.96. The molecule has 3 heterocycles. The van der Waals surface area contributed by atoms with Crippen molar-refractivity contribution in [3.8, 4) is 0 Å². The van der Waals surface area contributed by atoms with Crippen LogP contribution in [0.3, 0.4) is 0 Å². The molecule has 1 saturated heterocycles. The molecule has 22 heavy (non-hydrogen) atoms. The van der Waals surface area contributed by atoms with Crippen LogP contribution in [0, 0.1) is 13.8 Å². The van der Waals surface area contributed by atoms with Crippen molar-refractivity contribution in [2.75, 3.05) is 13.1 Å². The van der Waals surface area contributed by atoms with Gasteiger partial charge in [0.15, 0.2) is 5.82 Å².